The molecule has 5 N–H and O–H groups in total. The summed E-state index contributed by atoms with van der Waals surface area (Å²) < 4.78 is 27.0. The standard InChI is InChI=1S/C25H30ClN5O4S2/c1-14-19(23-20-9-17(26)4-3-16(20)6-7-29-23)10-22(36-14)24(32)21-11-28-13-30-25(21)31-18-5-2-15(8-18)12-35-37(27,33)34/h3-4,9-11,13,15,18,23-24,29,32H,2,5-8,12H2,1H3,(H2,27,33,34)(H,28,30,31)/t15-,18?,23?,24?/m1/s1. The molecule has 2 aromatic heterocycles. The molecular weight excluding hydrogens is 534 g/mol. The first-order valence-electron chi connectivity index (χ1n) is 12.2. The van der Waals surface area contributed by atoms with Crippen LogP contribution in [0.5, 0.6) is 0 Å². The van der Waals surface area contributed by atoms with Gasteiger partial charge in [0.15, 0.2) is 0 Å². The fourth-order valence-corrected chi connectivity index (χ4v) is 6.93. The maximum Gasteiger partial charge on any atom is 0.333 e. The fourth-order valence-electron chi connectivity index (χ4n) is 5.30. The van der Waals surface area contributed by atoms with Gasteiger partial charge in [0.25, 0.3) is 0 Å². The summed E-state index contributed by atoms with van der Waals surface area (Å²) in [6.07, 6.45) is 5.50. The Balaban J connectivity index is 1.33. The molecule has 1 aromatic carbocycles. The summed E-state index contributed by atoms with van der Waals surface area (Å²) >= 11 is 7.87. The lowest BCUT2D eigenvalue weighted by Crippen LogP contribution is -2.30. The van der Waals surface area contributed by atoms with Crippen molar-refractivity contribution in [1.82, 2.24) is 15.3 Å². The third-order valence-electron chi connectivity index (χ3n) is 7.10. The Labute approximate surface area is 225 Å². The smallest absolute Gasteiger partial charge is 0.333 e. The Morgan fingerprint density at radius 1 is 1.32 bits per heavy atom. The molecule has 0 spiro atoms. The highest BCUT2D eigenvalue weighted by molar-refractivity contribution is 7.84. The predicted molar refractivity (Wildman–Crippen MR) is 144 cm³/mol. The molecule has 1 aliphatic carbocycles. The zero-order chi connectivity index (χ0) is 26.2. The minimum atomic E-state index is -3.95. The Morgan fingerprint density at radius 2 is 2.16 bits per heavy atom. The predicted octanol–water partition coefficient (Wildman–Crippen LogP) is 3.62. The summed E-state index contributed by atoms with van der Waals surface area (Å²) in [4.78, 5) is 10.5. The van der Waals surface area contributed by atoms with Gasteiger partial charge in [-0.3, -0.25) is 4.18 Å². The second kappa shape index (κ2) is 10.9. The van der Waals surface area contributed by atoms with E-state index >= 15 is 0 Å². The maximum atomic E-state index is 11.4. The summed E-state index contributed by atoms with van der Waals surface area (Å²) in [7, 11) is -3.95. The Hall–Kier alpha value is -2.12. The number of benzene rings is 1. The molecule has 198 valence electrons. The van der Waals surface area contributed by atoms with Gasteiger partial charge in [-0.1, -0.05) is 17.7 Å². The average molecular weight is 564 g/mol. The number of nitrogens with zero attached hydrogens (tertiary/aromatic N) is 2. The van der Waals surface area contributed by atoms with Crippen LogP contribution in [0.1, 0.15) is 63.4 Å². The Bertz CT molecular complexity index is 1380. The molecular formula is C25H30ClN5O4S2. The van der Waals surface area contributed by atoms with E-state index in [1.807, 2.05) is 12.1 Å². The van der Waals surface area contributed by atoms with Gasteiger partial charge in [-0.2, -0.15) is 8.42 Å². The second-order valence-electron chi connectivity index (χ2n) is 9.67. The molecule has 0 radical (unpaired) electrons. The topological polar surface area (TPSA) is 139 Å². The highest BCUT2D eigenvalue weighted by Gasteiger charge is 2.29. The molecule has 1 aliphatic heterocycles. The minimum Gasteiger partial charge on any atom is -0.383 e. The molecule has 0 bridgehead atoms. The molecule has 3 aromatic rings. The van der Waals surface area contributed by atoms with E-state index in [1.54, 1.807) is 17.5 Å². The summed E-state index contributed by atoms with van der Waals surface area (Å²) in [5.74, 6) is 0.647. The lowest BCUT2D eigenvalue weighted by molar-refractivity contribution is 0.223. The fraction of sp³-hybridized carbons (Fsp3) is 0.440. The molecule has 5 rings (SSSR count). The molecule has 2 aliphatic rings. The van der Waals surface area contributed by atoms with Crippen molar-refractivity contribution in [3.8, 4) is 0 Å². The van der Waals surface area contributed by atoms with Gasteiger partial charge in [0.05, 0.1) is 12.6 Å². The van der Waals surface area contributed by atoms with Crippen LogP contribution >= 0.6 is 22.9 Å². The number of aryl methyl sites for hydroxylation is 1. The number of fused-ring (bicyclic) bond motifs is 1. The van der Waals surface area contributed by atoms with Crippen LogP contribution in [0.25, 0.3) is 0 Å². The number of aromatic nitrogens is 2. The van der Waals surface area contributed by atoms with Crippen LogP contribution in [0.3, 0.4) is 0 Å². The summed E-state index contributed by atoms with van der Waals surface area (Å²) in [6, 6.07) is 8.20. The lowest BCUT2D eigenvalue weighted by Gasteiger charge is -2.27. The monoisotopic (exact) mass is 563 g/mol. The SMILES string of the molecule is Cc1sc(C(O)c2cncnc2NC2CC[C@@H](COS(N)(=O)=O)C2)cc1C1NCCc2ccc(Cl)cc21. The Kier molecular flexibility index (Phi) is 7.83. The van der Waals surface area contributed by atoms with Gasteiger partial charge < -0.3 is 15.7 Å². The van der Waals surface area contributed by atoms with Crippen LogP contribution in [0, 0.1) is 12.8 Å². The zero-order valence-electron chi connectivity index (χ0n) is 20.4. The first-order chi connectivity index (χ1) is 17.7. The normalized spacial score (nSPS) is 22.5. The van der Waals surface area contributed by atoms with E-state index < -0.39 is 16.4 Å². The largest absolute Gasteiger partial charge is 0.383 e. The van der Waals surface area contributed by atoms with E-state index in [1.165, 1.54) is 17.5 Å². The third-order valence-corrected chi connectivity index (χ3v) is 8.92. The van der Waals surface area contributed by atoms with Gasteiger partial charge in [0.1, 0.15) is 18.2 Å². The lowest BCUT2D eigenvalue weighted by atomic mass is 9.90. The van der Waals surface area contributed by atoms with Crippen LogP contribution in [0.15, 0.2) is 36.8 Å². The van der Waals surface area contributed by atoms with Crippen molar-refractivity contribution in [2.24, 2.45) is 11.1 Å². The van der Waals surface area contributed by atoms with Crippen LogP contribution in [-0.4, -0.2) is 42.7 Å². The second-order valence-corrected chi connectivity index (χ2v) is 12.6. The number of thiophene rings is 1. The molecule has 0 saturated heterocycles. The summed E-state index contributed by atoms with van der Waals surface area (Å²) in [5, 5.41) is 24.1. The zero-order valence-corrected chi connectivity index (χ0v) is 22.7. The highest BCUT2D eigenvalue weighted by atomic mass is 35.5. The number of halogens is 1. The van der Waals surface area contributed by atoms with E-state index in [2.05, 4.69) is 39.7 Å². The number of hydrogen-bond donors (Lipinski definition) is 4. The summed E-state index contributed by atoms with van der Waals surface area (Å²) in [5.41, 5.74) is 4.18. The van der Waals surface area contributed by atoms with E-state index in [0.29, 0.717) is 22.8 Å². The number of anilines is 1. The van der Waals surface area contributed by atoms with Gasteiger partial charge in [0, 0.05) is 39.1 Å². The van der Waals surface area contributed by atoms with Gasteiger partial charge >= 0.3 is 10.3 Å². The van der Waals surface area contributed by atoms with Crippen molar-refractivity contribution in [2.45, 2.75) is 50.8 Å². The number of hydrogen-bond acceptors (Lipinski definition) is 9. The van der Waals surface area contributed by atoms with Gasteiger partial charge in [-0.05, 0) is 73.4 Å². The van der Waals surface area contributed by atoms with E-state index in [4.69, 9.17) is 20.9 Å². The molecule has 37 heavy (non-hydrogen) atoms. The van der Waals surface area contributed by atoms with Crippen LogP contribution in [-0.2, 0) is 20.9 Å². The number of nitrogens with one attached hydrogen (secondary N) is 2. The van der Waals surface area contributed by atoms with E-state index in [0.717, 1.165) is 41.1 Å². The molecule has 9 nitrogen and oxygen atoms in total. The Morgan fingerprint density at radius 3 is 2.97 bits per heavy atom. The minimum absolute atomic E-state index is 0.0132. The molecule has 3 unspecified atom stereocenters. The molecule has 1 saturated carbocycles. The van der Waals surface area contributed by atoms with Crippen molar-refractivity contribution in [2.75, 3.05) is 18.5 Å². The highest BCUT2D eigenvalue weighted by Crippen LogP contribution is 2.40. The van der Waals surface area contributed by atoms with Gasteiger partial charge in [-0.15, -0.1) is 11.3 Å². The van der Waals surface area contributed by atoms with Crippen LogP contribution < -0.4 is 15.8 Å². The van der Waals surface area contributed by atoms with E-state index in [9.17, 15) is 13.5 Å². The van der Waals surface area contributed by atoms with E-state index in [-0.39, 0.29) is 24.6 Å². The molecule has 1 fully saturated rings. The van der Waals surface area contributed by atoms with Crippen molar-refractivity contribution < 1.29 is 17.7 Å². The quantitative estimate of drug-likeness (QED) is 0.326. The molecule has 12 heteroatoms. The summed E-state index contributed by atoms with van der Waals surface area (Å²) in [6.45, 7) is 3.01. The van der Waals surface area contributed by atoms with Crippen molar-refractivity contribution in [3.63, 3.8) is 0 Å². The molecule has 3 heterocycles. The van der Waals surface area contributed by atoms with Crippen molar-refractivity contribution >= 4 is 39.1 Å². The number of nitrogens with two attached hydrogens (primary N) is 1. The first kappa shape index (κ1) is 26.5. The number of aliphatic hydroxyl groups is 1. The average Bonchev–Trinajstić information content (AvgIpc) is 3.48. The first-order valence-corrected chi connectivity index (χ1v) is 14.9. The van der Waals surface area contributed by atoms with Crippen LogP contribution in [0.4, 0.5) is 5.82 Å². The third kappa shape index (κ3) is 6.14. The molecule has 4 atom stereocenters. The van der Waals surface area contributed by atoms with Crippen LogP contribution in [0.2, 0.25) is 5.02 Å². The van der Waals surface area contributed by atoms with Crippen molar-refractivity contribution in [3.05, 3.63) is 73.8 Å². The molecule has 0 amide bonds. The van der Waals surface area contributed by atoms with Crippen molar-refractivity contribution in [1.29, 1.82) is 0 Å². The van der Waals surface area contributed by atoms with Gasteiger partial charge in [-0.25, -0.2) is 15.1 Å². The number of rotatable bonds is 8. The van der Waals surface area contributed by atoms with Gasteiger partial charge in [0.2, 0.25) is 0 Å². The number of aliphatic hydroxyl groups excluding tert-OH is 1. The maximum absolute atomic E-state index is 11.4.